The van der Waals surface area contributed by atoms with E-state index >= 15 is 0 Å². The average Bonchev–Trinajstić information content (AvgIpc) is 3.39. The molecule has 8 aromatic rings. The number of benzene rings is 7. The second-order valence-corrected chi connectivity index (χ2v) is 9.75. The number of hydrogen-bond donors (Lipinski definition) is 0. The highest BCUT2D eigenvalue weighted by atomic mass is 16.3. The molecule has 2 nitrogen and oxygen atoms in total. The van der Waals surface area contributed by atoms with Crippen LogP contribution in [0, 0.1) is 0 Å². The van der Waals surface area contributed by atoms with E-state index in [2.05, 4.69) is 144 Å². The second kappa shape index (κ2) is 8.22. The summed E-state index contributed by atoms with van der Waals surface area (Å²) in [6.45, 7) is 0. The lowest BCUT2D eigenvalue weighted by molar-refractivity contribution is 0.669. The summed E-state index contributed by atoms with van der Waals surface area (Å²) in [6.07, 6.45) is 0. The molecule has 2 heteroatoms. The molecule has 0 radical (unpaired) electrons. The summed E-state index contributed by atoms with van der Waals surface area (Å²) >= 11 is 0. The summed E-state index contributed by atoms with van der Waals surface area (Å²) < 4.78 is 6.69. The molecule has 0 aliphatic rings. The van der Waals surface area contributed by atoms with Crippen molar-refractivity contribution < 1.29 is 4.42 Å². The topological polar surface area (TPSA) is 16.4 Å². The highest BCUT2D eigenvalue weighted by Crippen LogP contribution is 2.48. The van der Waals surface area contributed by atoms with Gasteiger partial charge in [0.2, 0.25) is 0 Å². The van der Waals surface area contributed by atoms with E-state index in [1.165, 1.54) is 43.4 Å². The van der Waals surface area contributed by atoms with Crippen molar-refractivity contribution in [1.82, 2.24) is 0 Å². The molecule has 0 aliphatic carbocycles. The van der Waals surface area contributed by atoms with Crippen LogP contribution in [0.5, 0.6) is 0 Å². The molecule has 0 bridgehead atoms. The van der Waals surface area contributed by atoms with Gasteiger partial charge in [-0.2, -0.15) is 0 Å². The third kappa shape index (κ3) is 3.07. The van der Waals surface area contributed by atoms with Crippen molar-refractivity contribution >= 4 is 60.5 Å². The minimum atomic E-state index is 0.912. The van der Waals surface area contributed by atoms with Crippen LogP contribution in [-0.2, 0) is 0 Å². The lowest BCUT2D eigenvalue weighted by Crippen LogP contribution is -2.10. The molecule has 0 saturated carbocycles. The number of nitrogens with zero attached hydrogens (tertiary/aromatic N) is 1. The minimum absolute atomic E-state index is 0.912. The Bertz CT molecular complexity index is 2060. The first kappa shape index (κ1) is 21.0. The van der Waals surface area contributed by atoms with Crippen LogP contribution < -0.4 is 4.90 Å². The molecule has 178 valence electrons. The summed E-state index contributed by atoms with van der Waals surface area (Å²) in [5.41, 5.74) is 7.45. The Labute approximate surface area is 220 Å². The van der Waals surface area contributed by atoms with Crippen LogP contribution >= 0.6 is 0 Å². The Balaban J connectivity index is 1.40. The van der Waals surface area contributed by atoms with Crippen LogP contribution in [0.4, 0.5) is 17.1 Å². The highest BCUT2D eigenvalue weighted by Gasteiger charge is 2.23. The number of hydrogen-bond acceptors (Lipinski definition) is 2. The van der Waals surface area contributed by atoms with Crippen LogP contribution in [0.2, 0.25) is 0 Å². The SMILES string of the molecule is c1ccc(-c2ccc(N(c3ccccc3)c3ccc4c5ccccc5c5cccc6oc3c4c65)cc2)cc1. The van der Waals surface area contributed by atoms with Crippen LogP contribution in [0.15, 0.2) is 144 Å². The maximum Gasteiger partial charge on any atom is 0.160 e. The van der Waals surface area contributed by atoms with Crippen LogP contribution in [-0.4, -0.2) is 0 Å². The standard InChI is InChI=1S/C36H23NO/c1-3-10-24(11-4-1)25-18-20-27(21-19-25)37(26-12-5-2-6-13-26)32-23-22-31-29-15-8-7-14-28(29)30-16-9-17-33-34(30)35(31)36(32)38-33/h1-23H. The second-order valence-electron chi connectivity index (χ2n) is 9.75. The molecule has 7 aromatic carbocycles. The maximum absolute atomic E-state index is 6.69. The first-order chi connectivity index (χ1) is 18.9. The van der Waals surface area contributed by atoms with Gasteiger partial charge in [0.25, 0.3) is 0 Å². The molecule has 0 spiro atoms. The lowest BCUT2D eigenvalue weighted by atomic mass is 9.94. The van der Waals surface area contributed by atoms with Crippen molar-refractivity contribution in [2.45, 2.75) is 0 Å². The quantitative estimate of drug-likeness (QED) is 0.231. The lowest BCUT2D eigenvalue weighted by Gasteiger charge is -2.26. The monoisotopic (exact) mass is 485 g/mol. The molecule has 0 saturated heterocycles. The van der Waals surface area contributed by atoms with Crippen molar-refractivity contribution in [2.24, 2.45) is 0 Å². The van der Waals surface area contributed by atoms with E-state index in [4.69, 9.17) is 4.42 Å². The van der Waals surface area contributed by atoms with E-state index in [0.29, 0.717) is 0 Å². The Morgan fingerprint density at radius 3 is 1.71 bits per heavy atom. The average molecular weight is 486 g/mol. The zero-order valence-corrected chi connectivity index (χ0v) is 20.6. The summed E-state index contributed by atoms with van der Waals surface area (Å²) in [5, 5.41) is 7.37. The Morgan fingerprint density at radius 1 is 0.395 bits per heavy atom. The normalized spacial score (nSPS) is 11.7. The van der Waals surface area contributed by atoms with Crippen molar-refractivity contribution in [1.29, 1.82) is 0 Å². The number of furan rings is 1. The number of rotatable bonds is 4. The summed E-state index contributed by atoms with van der Waals surface area (Å²) in [4.78, 5) is 2.30. The molecule has 38 heavy (non-hydrogen) atoms. The predicted molar refractivity (Wildman–Crippen MR) is 160 cm³/mol. The van der Waals surface area contributed by atoms with Crippen molar-refractivity contribution in [3.8, 4) is 11.1 Å². The molecule has 0 amide bonds. The van der Waals surface area contributed by atoms with Gasteiger partial charge in [-0.25, -0.2) is 0 Å². The van der Waals surface area contributed by atoms with E-state index < -0.39 is 0 Å². The molecule has 1 heterocycles. The third-order valence-electron chi connectivity index (χ3n) is 7.62. The van der Waals surface area contributed by atoms with Crippen molar-refractivity contribution in [2.75, 3.05) is 4.90 Å². The van der Waals surface area contributed by atoms with Crippen molar-refractivity contribution in [3.05, 3.63) is 140 Å². The van der Waals surface area contributed by atoms with E-state index in [9.17, 15) is 0 Å². The summed E-state index contributed by atoms with van der Waals surface area (Å²) in [5.74, 6) is 0. The van der Waals surface area contributed by atoms with Gasteiger partial charge in [0, 0.05) is 22.1 Å². The van der Waals surface area contributed by atoms with Gasteiger partial charge in [-0.3, -0.25) is 0 Å². The zero-order valence-electron chi connectivity index (χ0n) is 20.6. The van der Waals surface area contributed by atoms with Gasteiger partial charge < -0.3 is 9.32 Å². The minimum Gasteiger partial charge on any atom is -0.454 e. The molecule has 0 fully saturated rings. The van der Waals surface area contributed by atoms with Crippen LogP contribution in [0.1, 0.15) is 0 Å². The Morgan fingerprint density at radius 2 is 0.974 bits per heavy atom. The smallest absolute Gasteiger partial charge is 0.160 e. The van der Waals surface area contributed by atoms with Crippen molar-refractivity contribution in [3.63, 3.8) is 0 Å². The molecule has 0 unspecified atom stereocenters. The fourth-order valence-electron chi connectivity index (χ4n) is 5.92. The molecule has 8 rings (SSSR count). The highest BCUT2D eigenvalue weighted by molar-refractivity contribution is 6.34. The van der Waals surface area contributed by atoms with E-state index in [1.54, 1.807) is 0 Å². The zero-order chi connectivity index (χ0) is 25.1. The van der Waals surface area contributed by atoms with Gasteiger partial charge in [0.15, 0.2) is 5.58 Å². The number of fused-ring (bicyclic) bond motifs is 3. The Hall–Kier alpha value is -5.08. The van der Waals surface area contributed by atoms with E-state index in [0.717, 1.165) is 28.2 Å². The fraction of sp³-hybridized carbons (Fsp3) is 0. The van der Waals surface area contributed by atoms with Gasteiger partial charge in [-0.1, -0.05) is 103 Å². The molecule has 0 atom stereocenters. The molecular weight excluding hydrogens is 462 g/mol. The van der Waals surface area contributed by atoms with Gasteiger partial charge >= 0.3 is 0 Å². The predicted octanol–water partition coefficient (Wildman–Crippen LogP) is 10.5. The summed E-state index contributed by atoms with van der Waals surface area (Å²) in [6, 6.07) is 49.4. The first-order valence-corrected chi connectivity index (χ1v) is 13.0. The largest absolute Gasteiger partial charge is 0.454 e. The number of para-hydroxylation sites is 1. The van der Waals surface area contributed by atoms with Crippen LogP contribution in [0.25, 0.3) is 54.6 Å². The first-order valence-electron chi connectivity index (χ1n) is 13.0. The molecule has 0 aliphatic heterocycles. The maximum atomic E-state index is 6.69. The van der Waals surface area contributed by atoms with Crippen LogP contribution in [0.3, 0.4) is 0 Å². The number of anilines is 3. The summed E-state index contributed by atoms with van der Waals surface area (Å²) in [7, 11) is 0. The molecular formula is C36H23NO. The van der Waals surface area contributed by atoms with Gasteiger partial charge in [0.1, 0.15) is 5.58 Å². The van der Waals surface area contributed by atoms with E-state index in [-0.39, 0.29) is 0 Å². The van der Waals surface area contributed by atoms with E-state index in [1.807, 2.05) is 0 Å². The molecule has 1 aromatic heterocycles. The Kier molecular flexibility index (Phi) is 4.55. The van der Waals surface area contributed by atoms with Gasteiger partial charge in [0.05, 0.1) is 5.69 Å². The fourth-order valence-corrected chi connectivity index (χ4v) is 5.92. The van der Waals surface area contributed by atoms with Gasteiger partial charge in [-0.15, -0.1) is 0 Å². The third-order valence-corrected chi connectivity index (χ3v) is 7.62. The molecule has 0 N–H and O–H groups in total. The van der Waals surface area contributed by atoms with Gasteiger partial charge in [-0.05, 0) is 69.1 Å².